The third-order valence-corrected chi connectivity index (χ3v) is 11.3. The summed E-state index contributed by atoms with van der Waals surface area (Å²) in [7, 11) is 0. The van der Waals surface area contributed by atoms with Crippen molar-refractivity contribution in [1.82, 2.24) is 0 Å². The number of hydrogen-bond acceptors (Lipinski definition) is 6. The molecule has 0 saturated heterocycles. The van der Waals surface area contributed by atoms with Crippen molar-refractivity contribution in [3.8, 4) is 0 Å². The molecule has 0 spiro atoms. The predicted octanol–water partition coefficient (Wildman–Crippen LogP) is 17.6. The second-order valence-electron chi connectivity index (χ2n) is 17.5. The average molecular weight is 891 g/mol. The monoisotopic (exact) mass is 891 g/mol. The van der Waals surface area contributed by atoms with Crippen LogP contribution in [0.15, 0.2) is 85.1 Å². The van der Waals surface area contributed by atoms with E-state index >= 15 is 0 Å². The molecule has 1 unspecified atom stereocenters. The molecule has 0 aliphatic rings. The lowest BCUT2D eigenvalue weighted by Crippen LogP contribution is -2.30. The number of carbonyl (C=O) groups is 3. The molecule has 6 nitrogen and oxygen atoms in total. The Hall–Kier alpha value is -3.41. The van der Waals surface area contributed by atoms with Crippen LogP contribution in [0.2, 0.25) is 0 Å². The molecule has 0 saturated carbocycles. The normalized spacial score (nSPS) is 12.7. The first-order valence-corrected chi connectivity index (χ1v) is 26.7. The quantitative estimate of drug-likeness (QED) is 0.0199. The average Bonchev–Trinajstić information content (AvgIpc) is 3.29. The highest BCUT2D eigenvalue weighted by molar-refractivity contribution is 5.71. The van der Waals surface area contributed by atoms with E-state index in [9.17, 15) is 14.4 Å². The Morgan fingerprint density at radius 2 is 0.688 bits per heavy atom. The van der Waals surface area contributed by atoms with Crippen LogP contribution in [-0.4, -0.2) is 37.2 Å². The molecule has 0 aromatic heterocycles. The minimum atomic E-state index is -0.800. The molecule has 0 aromatic carbocycles. The van der Waals surface area contributed by atoms with Crippen molar-refractivity contribution in [1.29, 1.82) is 0 Å². The van der Waals surface area contributed by atoms with Crippen LogP contribution in [0.5, 0.6) is 0 Å². The smallest absolute Gasteiger partial charge is 0.306 e. The van der Waals surface area contributed by atoms with Gasteiger partial charge in [0.15, 0.2) is 6.10 Å². The first-order chi connectivity index (χ1) is 31.5. The Kier molecular flexibility index (Phi) is 49.4. The molecule has 0 N–H and O–H groups in total. The Balaban J connectivity index is 4.44. The molecule has 6 heteroatoms. The number of rotatable bonds is 47. The van der Waals surface area contributed by atoms with Crippen LogP contribution < -0.4 is 0 Å². The summed E-state index contributed by atoms with van der Waals surface area (Å²) >= 11 is 0. The summed E-state index contributed by atoms with van der Waals surface area (Å²) in [6, 6.07) is 0. The molecule has 0 radical (unpaired) electrons. The summed E-state index contributed by atoms with van der Waals surface area (Å²) in [6.45, 7) is 6.36. The van der Waals surface area contributed by atoms with Crippen molar-refractivity contribution >= 4 is 17.9 Å². The van der Waals surface area contributed by atoms with E-state index in [0.717, 1.165) is 83.5 Å². The lowest BCUT2D eigenvalue weighted by atomic mass is 10.0. The van der Waals surface area contributed by atoms with E-state index in [-0.39, 0.29) is 37.5 Å². The van der Waals surface area contributed by atoms with Crippen molar-refractivity contribution in [3.63, 3.8) is 0 Å². The number of carbonyl (C=O) groups excluding carboxylic acids is 3. The molecule has 0 aromatic rings. The Labute approximate surface area is 395 Å². The summed E-state index contributed by atoms with van der Waals surface area (Å²) in [5.74, 6) is -0.942. The third kappa shape index (κ3) is 49.6. The van der Waals surface area contributed by atoms with Gasteiger partial charge in [-0.15, -0.1) is 0 Å². The number of unbranched alkanes of at least 4 members (excludes halogenated alkanes) is 26. The largest absolute Gasteiger partial charge is 0.462 e. The van der Waals surface area contributed by atoms with Gasteiger partial charge in [-0.05, 0) is 64.2 Å². The van der Waals surface area contributed by atoms with Crippen molar-refractivity contribution < 1.29 is 28.6 Å². The number of allylic oxidation sites excluding steroid dienone is 14. The second-order valence-corrected chi connectivity index (χ2v) is 17.5. The fourth-order valence-corrected chi connectivity index (χ4v) is 7.32. The van der Waals surface area contributed by atoms with E-state index in [0.29, 0.717) is 19.3 Å². The van der Waals surface area contributed by atoms with E-state index in [1.54, 1.807) is 0 Å². The van der Waals surface area contributed by atoms with Gasteiger partial charge in [-0.1, -0.05) is 247 Å². The zero-order valence-electron chi connectivity index (χ0n) is 41.8. The summed E-state index contributed by atoms with van der Waals surface area (Å²) in [6.07, 6.45) is 67.1. The standard InChI is InChI=1S/C58H98O6/c1-4-7-10-13-16-19-22-25-28-29-31-33-36-39-42-45-48-51-57(60)63-54-55(53-62-56(59)50-47-44-41-38-35-32-27-24-21-18-15-12-9-6-3)64-58(61)52-49-46-43-40-37-34-30-26-23-20-17-14-11-8-5-2/h8-9,11-12,14,17-18,20-21,23,26,30,34,37,55H,4-7,10,13,15-16,19,22,24-25,27-29,31-33,35-36,38-54H2,1-3H3/b11-8-,12-9-,17-14-,21-18-,23-20-,30-26-,37-34-. The van der Waals surface area contributed by atoms with Gasteiger partial charge in [-0.2, -0.15) is 0 Å². The lowest BCUT2D eigenvalue weighted by Gasteiger charge is -2.18. The van der Waals surface area contributed by atoms with Crippen LogP contribution >= 0.6 is 0 Å². The van der Waals surface area contributed by atoms with Gasteiger partial charge >= 0.3 is 17.9 Å². The van der Waals surface area contributed by atoms with Crippen LogP contribution in [0.3, 0.4) is 0 Å². The Morgan fingerprint density at radius 1 is 0.344 bits per heavy atom. The van der Waals surface area contributed by atoms with Gasteiger partial charge in [0.05, 0.1) is 0 Å². The van der Waals surface area contributed by atoms with Crippen molar-refractivity contribution in [2.24, 2.45) is 0 Å². The molecule has 366 valence electrons. The first kappa shape index (κ1) is 60.6. The fourth-order valence-electron chi connectivity index (χ4n) is 7.32. The molecule has 0 heterocycles. The minimum absolute atomic E-state index is 0.0950. The van der Waals surface area contributed by atoms with Crippen molar-refractivity contribution in [2.75, 3.05) is 13.2 Å². The summed E-state index contributed by atoms with van der Waals surface area (Å²) in [4.78, 5) is 38.0. The van der Waals surface area contributed by atoms with Gasteiger partial charge in [-0.3, -0.25) is 14.4 Å². The molecular weight excluding hydrogens is 793 g/mol. The number of ether oxygens (including phenoxy) is 3. The van der Waals surface area contributed by atoms with E-state index in [1.807, 2.05) is 48.6 Å². The highest BCUT2D eigenvalue weighted by atomic mass is 16.6. The maximum absolute atomic E-state index is 12.8. The van der Waals surface area contributed by atoms with Gasteiger partial charge in [0, 0.05) is 19.3 Å². The molecule has 0 aliphatic heterocycles. The van der Waals surface area contributed by atoms with E-state index in [2.05, 4.69) is 57.2 Å². The molecular formula is C58H98O6. The topological polar surface area (TPSA) is 78.9 Å². The lowest BCUT2D eigenvalue weighted by molar-refractivity contribution is -0.167. The van der Waals surface area contributed by atoms with Crippen LogP contribution in [0.25, 0.3) is 0 Å². The van der Waals surface area contributed by atoms with E-state index < -0.39 is 6.10 Å². The summed E-state index contributed by atoms with van der Waals surface area (Å²) in [5.41, 5.74) is 0. The van der Waals surface area contributed by atoms with Gasteiger partial charge in [-0.25, -0.2) is 0 Å². The van der Waals surface area contributed by atoms with Gasteiger partial charge in [0.2, 0.25) is 0 Å². The highest BCUT2D eigenvalue weighted by Crippen LogP contribution is 2.16. The summed E-state index contributed by atoms with van der Waals surface area (Å²) in [5, 5.41) is 0. The van der Waals surface area contributed by atoms with Crippen LogP contribution in [0, 0.1) is 0 Å². The van der Waals surface area contributed by atoms with E-state index in [1.165, 1.54) is 116 Å². The minimum Gasteiger partial charge on any atom is -0.462 e. The Morgan fingerprint density at radius 3 is 1.14 bits per heavy atom. The molecule has 64 heavy (non-hydrogen) atoms. The van der Waals surface area contributed by atoms with Crippen molar-refractivity contribution in [3.05, 3.63) is 85.1 Å². The molecule has 0 amide bonds. The zero-order chi connectivity index (χ0) is 46.5. The number of esters is 3. The molecule has 0 aliphatic carbocycles. The molecule has 1 atom stereocenters. The Bertz CT molecular complexity index is 1250. The maximum atomic E-state index is 12.8. The summed E-state index contributed by atoms with van der Waals surface area (Å²) < 4.78 is 16.8. The number of hydrogen-bond donors (Lipinski definition) is 0. The fraction of sp³-hybridized carbons (Fsp3) is 0.707. The SMILES string of the molecule is CC\C=C/C=C\C=C/C=C\C=C/CCCCCC(=O)OC(COC(=O)CCCCCCCCC/C=C\C/C=C\CC)COC(=O)CCCCCCCCCCCCCCCCCCC. The first-order valence-electron chi connectivity index (χ1n) is 26.7. The van der Waals surface area contributed by atoms with Crippen LogP contribution in [0.4, 0.5) is 0 Å². The van der Waals surface area contributed by atoms with Crippen LogP contribution in [0.1, 0.15) is 245 Å². The van der Waals surface area contributed by atoms with Gasteiger partial charge in [0.1, 0.15) is 13.2 Å². The van der Waals surface area contributed by atoms with Gasteiger partial charge in [0.25, 0.3) is 0 Å². The van der Waals surface area contributed by atoms with Crippen molar-refractivity contribution in [2.45, 2.75) is 252 Å². The molecule has 0 rings (SSSR count). The predicted molar refractivity (Wildman–Crippen MR) is 274 cm³/mol. The second kappa shape index (κ2) is 52.2. The molecule has 0 fully saturated rings. The maximum Gasteiger partial charge on any atom is 0.306 e. The van der Waals surface area contributed by atoms with E-state index in [4.69, 9.17) is 14.2 Å². The highest BCUT2D eigenvalue weighted by Gasteiger charge is 2.19. The zero-order valence-corrected chi connectivity index (χ0v) is 41.8. The molecule has 0 bridgehead atoms. The third-order valence-electron chi connectivity index (χ3n) is 11.3. The van der Waals surface area contributed by atoms with Crippen LogP contribution in [-0.2, 0) is 28.6 Å². The van der Waals surface area contributed by atoms with Gasteiger partial charge < -0.3 is 14.2 Å².